The molecule has 2 aromatic heterocycles. The first-order valence-electron chi connectivity index (χ1n) is 15.1. The van der Waals surface area contributed by atoms with Gasteiger partial charge in [-0.25, -0.2) is 22.1 Å². The molecule has 47 heavy (non-hydrogen) atoms. The molecule has 0 aliphatic carbocycles. The van der Waals surface area contributed by atoms with Gasteiger partial charge in [0.15, 0.2) is 6.17 Å². The van der Waals surface area contributed by atoms with Crippen LogP contribution in [-0.2, 0) is 10.0 Å². The van der Waals surface area contributed by atoms with Crippen molar-refractivity contribution in [1.82, 2.24) is 30.0 Å². The van der Waals surface area contributed by atoms with E-state index in [9.17, 15) is 8.42 Å². The fraction of sp³-hybridized carbons (Fsp3) is 0.0811. The Bertz CT molecular complexity index is 2170. The number of hydrogen-bond donors (Lipinski definition) is 0. The predicted octanol–water partition coefficient (Wildman–Crippen LogP) is 7.20. The predicted molar refractivity (Wildman–Crippen MR) is 182 cm³/mol. The normalized spacial score (nSPS) is 12.8. The molecule has 0 spiro atoms. The highest BCUT2D eigenvalue weighted by Crippen LogP contribution is 2.40. The molecular weight excluding hydrogens is 607 g/mol. The number of benzene rings is 5. The van der Waals surface area contributed by atoms with Crippen molar-refractivity contribution in [1.29, 1.82) is 0 Å². The van der Waals surface area contributed by atoms with Crippen molar-refractivity contribution in [3.63, 3.8) is 0 Å². The van der Waals surface area contributed by atoms with Crippen LogP contribution in [0.5, 0.6) is 0 Å². The van der Waals surface area contributed by atoms with E-state index in [-0.39, 0.29) is 4.90 Å². The maximum atomic E-state index is 14.9. The molecule has 5 aromatic carbocycles. The molecule has 232 valence electrons. The first-order valence-corrected chi connectivity index (χ1v) is 16.6. The quantitative estimate of drug-likeness (QED) is 0.157. The minimum Gasteiger partial charge on any atom is -0.240 e. The standard InChI is InChI=1S/C37H31N7O2S/c1-28-22-24-33(25-23-28)47(45,46)44(32-20-12-5-13-21-32)37(43-27-35(39-41-43)30-16-8-3-9-17-30)36(31-18-10-4-11-19-31)42-26-34(38-40-42)29-14-6-2-7-15-29/h2-27,36-37H,1H3/t36-,37+/m0/s1. The molecule has 0 aliphatic rings. The summed E-state index contributed by atoms with van der Waals surface area (Å²) in [5.74, 6) is 0. The van der Waals surface area contributed by atoms with E-state index in [2.05, 4.69) is 20.6 Å². The van der Waals surface area contributed by atoms with Gasteiger partial charge in [-0.2, -0.15) is 0 Å². The SMILES string of the molecule is Cc1ccc(S(=O)(=O)N(c2ccccc2)[C@H]([C@H](c2ccccc2)n2cc(-c3ccccc3)nn2)n2cc(-c3ccccc3)nn2)cc1. The van der Waals surface area contributed by atoms with Crippen molar-refractivity contribution in [3.8, 4) is 22.5 Å². The molecule has 7 rings (SSSR count). The second-order valence-corrected chi connectivity index (χ2v) is 12.9. The number of para-hydroxylation sites is 1. The zero-order chi connectivity index (χ0) is 32.2. The molecule has 0 saturated heterocycles. The Labute approximate surface area is 273 Å². The summed E-state index contributed by atoms with van der Waals surface area (Å²) in [5, 5.41) is 18.2. The van der Waals surface area contributed by atoms with E-state index in [1.807, 2.05) is 122 Å². The third kappa shape index (κ3) is 6.06. The third-order valence-electron chi connectivity index (χ3n) is 7.97. The molecule has 0 fully saturated rings. The van der Waals surface area contributed by atoms with Gasteiger partial charge in [0.25, 0.3) is 10.0 Å². The van der Waals surface area contributed by atoms with Crippen LogP contribution in [0.3, 0.4) is 0 Å². The molecular formula is C37H31N7O2S. The van der Waals surface area contributed by atoms with Gasteiger partial charge < -0.3 is 0 Å². The van der Waals surface area contributed by atoms with Gasteiger partial charge in [-0.1, -0.05) is 137 Å². The van der Waals surface area contributed by atoms with Crippen molar-refractivity contribution >= 4 is 15.7 Å². The molecule has 2 heterocycles. The fourth-order valence-corrected chi connectivity index (χ4v) is 7.23. The van der Waals surface area contributed by atoms with Gasteiger partial charge in [-0.15, -0.1) is 10.2 Å². The highest BCUT2D eigenvalue weighted by atomic mass is 32.2. The average Bonchev–Trinajstić information content (AvgIpc) is 3.81. The van der Waals surface area contributed by atoms with E-state index in [0.29, 0.717) is 17.1 Å². The lowest BCUT2D eigenvalue weighted by Crippen LogP contribution is -2.43. The number of sulfonamides is 1. The molecule has 2 atom stereocenters. The van der Waals surface area contributed by atoms with Gasteiger partial charge in [0.05, 0.1) is 23.0 Å². The van der Waals surface area contributed by atoms with Crippen molar-refractivity contribution < 1.29 is 8.42 Å². The van der Waals surface area contributed by atoms with Crippen molar-refractivity contribution in [2.75, 3.05) is 4.31 Å². The first kappa shape index (κ1) is 29.8. The second-order valence-electron chi connectivity index (χ2n) is 11.1. The minimum atomic E-state index is -4.20. The smallest absolute Gasteiger partial charge is 0.240 e. The van der Waals surface area contributed by atoms with Crippen LogP contribution in [-0.4, -0.2) is 38.4 Å². The Morgan fingerprint density at radius 2 is 1.04 bits per heavy atom. The van der Waals surface area contributed by atoms with Gasteiger partial charge >= 0.3 is 0 Å². The summed E-state index contributed by atoms with van der Waals surface area (Å²) in [6.45, 7) is 1.93. The van der Waals surface area contributed by atoms with Crippen LogP contribution in [0, 0.1) is 6.92 Å². The number of rotatable bonds is 10. The van der Waals surface area contributed by atoms with E-state index in [1.165, 1.54) is 4.31 Å². The summed E-state index contributed by atoms with van der Waals surface area (Å²) in [7, 11) is -4.20. The topological polar surface area (TPSA) is 98.8 Å². The Morgan fingerprint density at radius 1 is 0.574 bits per heavy atom. The molecule has 9 nitrogen and oxygen atoms in total. The lowest BCUT2D eigenvalue weighted by Gasteiger charge is -2.37. The minimum absolute atomic E-state index is 0.149. The van der Waals surface area contributed by atoms with Gasteiger partial charge in [-0.05, 0) is 36.8 Å². The number of nitrogens with zero attached hydrogens (tertiary/aromatic N) is 7. The van der Waals surface area contributed by atoms with Crippen LogP contribution < -0.4 is 4.31 Å². The number of hydrogen-bond acceptors (Lipinski definition) is 6. The van der Waals surface area contributed by atoms with Crippen LogP contribution in [0.2, 0.25) is 0 Å². The Kier molecular flexibility index (Phi) is 8.16. The van der Waals surface area contributed by atoms with Crippen LogP contribution in [0.25, 0.3) is 22.5 Å². The van der Waals surface area contributed by atoms with Crippen LogP contribution in [0.4, 0.5) is 5.69 Å². The van der Waals surface area contributed by atoms with E-state index in [1.54, 1.807) is 52.0 Å². The number of aryl methyl sites for hydroxylation is 1. The first-order chi connectivity index (χ1) is 23.0. The zero-order valence-corrected chi connectivity index (χ0v) is 26.3. The van der Waals surface area contributed by atoms with Gasteiger partial charge in [-0.3, -0.25) is 0 Å². The van der Waals surface area contributed by atoms with Gasteiger partial charge in [0.2, 0.25) is 0 Å². The summed E-state index contributed by atoms with van der Waals surface area (Å²) < 4.78 is 34.6. The molecule has 0 bridgehead atoms. The molecule has 0 unspecified atom stereocenters. The average molecular weight is 638 g/mol. The van der Waals surface area contributed by atoms with Crippen molar-refractivity contribution in [2.45, 2.75) is 24.0 Å². The molecule has 0 radical (unpaired) electrons. The lowest BCUT2D eigenvalue weighted by molar-refractivity contribution is 0.323. The maximum Gasteiger partial charge on any atom is 0.266 e. The highest BCUT2D eigenvalue weighted by Gasteiger charge is 2.41. The van der Waals surface area contributed by atoms with E-state index in [4.69, 9.17) is 0 Å². The van der Waals surface area contributed by atoms with Crippen LogP contribution >= 0.6 is 0 Å². The Morgan fingerprint density at radius 3 is 1.60 bits per heavy atom. The van der Waals surface area contributed by atoms with E-state index < -0.39 is 22.2 Å². The summed E-state index contributed by atoms with van der Waals surface area (Å²) in [6, 6.07) is 44.3. The van der Waals surface area contributed by atoms with Gasteiger partial charge in [0, 0.05) is 11.1 Å². The number of aromatic nitrogens is 6. The largest absolute Gasteiger partial charge is 0.266 e. The molecule has 7 aromatic rings. The van der Waals surface area contributed by atoms with Crippen molar-refractivity contribution in [3.05, 3.63) is 169 Å². The lowest BCUT2D eigenvalue weighted by atomic mass is 10.0. The summed E-state index contributed by atoms with van der Waals surface area (Å²) in [5.41, 5.74) is 5.22. The highest BCUT2D eigenvalue weighted by molar-refractivity contribution is 7.92. The second kappa shape index (κ2) is 12.9. The summed E-state index contributed by atoms with van der Waals surface area (Å²) >= 11 is 0. The molecule has 10 heteroatoms. The third-order valence-corrected chi connectivity index (χ3v) is 9.78. The van der Waals surface area contributed by atoms with Gasteiger partial charge in [0.1, 0.15) is 17.4 Å². The Hall–Kier alpha value is -5.87. The summed E-state index contributed by atoms with van der Waals surface area (Å²) in [6.07, 6.45) is 2.61. The Balaban J connectivity index is 1.49. The zero-order valence-electron chi connectivity index (χ0n) is 25.5. The van der Waals surface area contributed by atoms with Crippen molar-refractivity contribution in [2.24, 2.45) is 0 Å². The molecule has 0 aliphatic heterocycles. The van der Waals surface area contributed by atoms with E-state index in [0.717, 1.165) is 22.3 Å². The fourth-order valence-electron chi connectivity index (χ4n) is 5.63. The molecule has 0 amide bonds. The van der Waals surface area contributed by atoms with Crippen LogP contribution in [0.1, 0.15) is 23.3 Å². The maximum absolute atomic E-state index is 14.9. The summed E-state index contributed by atoms with van der Waals surface area (Å²) in [4.78, 5) is 0.149. The molecule has 0 saturated carbocycles. The van der Waals surface area contributed by atoms with Crippen LogP contribution in [0.15, 0.2) is 163 Å². The number of anilines is 1. The van der Waals surface area contributed by atoms with E-state index >= 15 is 0 Å². The molecule has 0 N–H and O–H groups in total. The monoisotopic (exact) mass is 637 g/mol.